The van der Waals surface area contributed by atoms with Crippen molar-refractivity contribution < 1.29 is 50.7 Å². The summed E-state index contributed by atoms with van der Waals surface area (Å²) in [6.07, 6.45) is 8.99. The zero-order valence-electron chi connectivity index (χ0n) is 11.8. The van der Waals surface area contributed by atoms with Crippen molar-refractivity contribution in [1.29, 1.82) is 0 Å². The van der Waals surface area contributed by atoms with Gasteiger partial charge in [0.05, 0.1) is 5.69 Å². The van der Waals surface area contributed by atoms with E-state index in [1.807, 2.05) is 48.8 Å². The van der Waals surface area contributed by atoms with Gasteiger partial charge in [-0.1, -0.05) is 12.1 Å². The van der Waals surface area contributed by atoms with Crippen LogP contribution in [-0.2, 0) is 0 Å². The average Bonchev–Trinajstić information content (AvgIpc) is 2.56. The predicted octanol–water partition coefficient (Wildman–Crippen LogP) is 2.86. The Hall–Kier alpha value is -2.01. The van der Waals surface area contributed by atoms with E-state index in [2.05, 4.69) is 15.0 Å². The minimum atomic E-state index is -1.50. The zero-order chi connectivity index (χ0) is 15.8. The van der Waals surface area contributed by atoms with Gasteiger partial charge in [0.2, 0.25) is 0 Å². The molecular formula is C15H12N4O3Sm. The van der Waals surface area contributed by atoms with Crippen LogP contribution in [0.5, 0.6) is 0 Å². The van der Waals surface area contributed by atoms with Crippen LogP contribution in [0.4, 0.5) is 0 Å². The van der Waals surface area contributed by atoms with Crippen LogP contribution in [0.1, 0.15) is 0 Å². The molecule has 0 fully saturated rings. The van der Waals surface area contributed by atoms with Crippen LogP contribution in [0, 0.1) is 50.5 Å². The van der Waals surface area contributed by atoms with Crippen LogP contribution < -0.4 is 0 Å². The zero-order valence-corrected chi connectivity index (χ0v) is 14.4. The van der Waals surface area contributed by atoms with Gasteiger partial charge in [0, 0.05) is 88.1 Å². The molecule has 3 aromatic heterocycles. The summed E-state index contributed by atoms with van der Waals surface area (Å²) in [5, 5.41) is 13.6. The molecule has 3 rings (SSSR count). The number of rotatable bonds is 2. The Morgan fingerprint density at radius 3 is 1.96 bits per heavy atom. The fourth-order valence-corrected chi connectivity index (χ4v) is 1.89. The molecule has 116 valence electrons. The Balaban J connectivity index is 0.000000478. The molecule has 0 aromatic carbocycles. The molecule has 7 nitrogen and oxygen atoms in total. The molecule has 0 saturated carbocycles. The smallest absolute Gasteiger partial charge is 0.291 e. The van der Waals surface area contributed by atoms with Crippen LogP contribution in [0.3, 0.4) is 0 Å². The van der Waals surface area contributed by atoms with E-state index in [0.29, 0.717) is 0 Å². The molecule has 0 atom stereocenters. The van der Waals surface area contributed by atoms with Crippen molar-refractivity contribution in [2.75, 3.05) is 0 Å². The second-order valence-electron chi connectivity index (χ2n) is 4.12. The molecule has 0 unspecified atom stereocenters. The Morgan fingerprint density at radius 1 is 0.913 bits per heavy atom. The molecule has 0 radical (unpaired) electrons. The molecule has 0 amide bonds. The number of pyridine rings is 3. The normalized spacial score (nSPS) is 9.04. The summed E-state index contributed by atoms with van der Waals surface area (Å²) in [5.41, 5.74) is 4.07. The number of hydrogen-bond acceptors (Lipinski definition) is 5. The largest absolute Gasteiger partial charge is 0.328 e. The van der Waals surface area contributed by atoms with Gasteiger partial charge in [-0.2, -0.15) is 0 Å². The van der Waals surface area contributed by atoms with Gasteiger partial charge in [0.1, 0.15) is 0 Å². The average molecular weight is 447 g/mol. The summed E-state index contributed by atoms with van der Waals surface area (Å²) in [4.78, 5) is 21.1. The van der Waals surface area contributed by atoms with Crippen LogP contribution in [0.15, 0.2) is 67.4 Å². The van der Waals surface area contributed by atoms with E-state index < -0.39 is 5.09 Å². The number of aromatic nitrogens is 3. The molecule has 0 aliphatic rings. The summed E-state index contributed by atoms with van der Waals surface area (Å²) >= 11 is 0. The van der Waals surface area contributed by atoms with Crippen LogP contribution in [0.2, 0.25) is 0 Å². The van der Waals surface area contributed by atoms with Gasteiger partial charge in [0.15, 0.2) is 0 Å². The van der Waals surface area contributed by atoms with E-state index in [9.17, 15) is 0 Å². The Kier molecular flexibility index (Phi) is 8.19. The maximum Gasteiger partial charge on any atom is 0.291 e. The minimum absolute atomic E-state index is 0. The third-order valence-electron chi connectivity index (χ3n) is 2.72. The van der Waals surface area contributed by atoms with Crippen LogP contribution in [0.25, 0.3) is 22.4 Å². The van der Waals surface area contributed by atoms with Crippen molar-refractivity contribution in [2.45, 2.75) is 0 Å². The molecule has 1 N–H and O–H groups in total. The van der Waals surface area contributed by atoms with E-state index >= 15 is 0 Å². The quantitative estimate of drug-likeness (QED) is 0.480. The molecule has 8 heteroatoms. The van der Waals surface area contributed by atoms with Gasteiger partial charge in [-0.3, -0.25) is 15.0 Å². The van der Waals surface area contributed by atoms with Crippen molar-refractivity contribution in [1.82, 2.24) is 15.0 Å². The summed E-state index contributed by atoms with van der Waals surface area (Å²) in [7, 11) is 0. The van der Waals surface area contributed by atoms with Gasteiger partial charge < -0.3 is 5.21 Å². The van der Waals surface area contributed by atoms with E-state index in [1.54, 1.807) is 18.6 Å². The topological polar surface area (TPSA) is 102 Å². The molecule has 3 aromatic rings. The first-order valence-electron chi connectivity index (χ1n) is 6.27. The fourth-order valence-electron chi connectivity index (χ4n) is 1.89. The monoisotopic (exact) mass is 448 g/mol. The van der Waals surface area contributed by atoms with Crippen molar-refractivity contribution in [2.24, 2.45) is 0 Å². The Morgan fingerprint density at radius 2 is 1.43 bits per heavy atom. The van der Waals surface area contributed by atoms with E-state index in [-0.39, 0.29) is 40.4 Å². The standard InChI is InChI=1S/C15H11N3.HNO3.Sm/c1-4-12(10-16-7-1)14-6-3-9-18-15(14)13-5-2-8-17-11-13;2-1(3)4;/h1-11H;(H,2,3,4);. The third-order valence-corrected chi connectivity index (χ3v) is 2.72. The van der Waals surface area contributed by atoms with Crippen molar-refractivity contribution in [3.8, 4) is 22.4 Å². The van der Waals surface area contributed by atoms with Gasteiger partial charge in [-0.05, 0) is 24.3 Å². The minimum Gasteiger partial charge on any atom is -0.328 e. The molecule has 0 aliphatic carbocycles. The van der Waals surface area contributed by atoms with Crippen molar-refractivity contribution in [3.63, 3.8) is 0 Å². The maximum absolute atomic E-state index is 8.36. The summed E-state index contributed by atoms with van der Waals surface area (Å²) < 4.78 is 0. The van der Waals surface area contributed by atoms with Crippen LogP contribution in [-0.4, -0.2) is 25.2 Å². The second kappa shape index (κ2) is 9.89. The van der Waals surface area contributed by atoms with Gasteiger partial charge in [-0.25, -0.2) is 0 Å². The second-order valence-corrected chi connectivity index (χ2v) is 4.12. The molecule has 23 heavy (non-hydrogen) atoms. The molecule has 0 spiro atoms. The summed E-state index contributed by atoms with van der Waals surface area (Å²) in [6.45, 7) is 0. The van der Waals surface area contributed by atoms with E-state index in [0.717, 1.165) is 22.4 Å². The summed E-state index contributed by atoms with van der Waals surface area (Å²) in [6, 6.07) is 11.9. The van der Waals surface area contributed by atoms with Crippen molar-refractivity contribution in [3.05, 3.63) is 77.5 Å². The summed E-state index contributed by atoms with van der Waals surface area (Å²) in [5.74, 6) is 0. The van der Waals surface area contributed by atoms with Crippen molar-refractivity contribution >= 4 is 0 Å². The third kappa shape index (κ3) is 5.94. The first-order valence-corrected chi connectivity index (χ1v) is 6.27. The first-order chi connectivity index (χ1) is 10.7. The molecule has 3 heterocycles. The molecule has 0 bridgehead atoms. The maximum atomic E-state index is 8.36. The van der Waals surface area contributed by atoms with E-state index in [1.165, 1.54) is 0 Å². The first kappa shape index (κ1) is 19.0. The Labute approximate surface area is 164 Å². The van der Waals surface area contributed by atoms with Gasteiger partial charge >= 0.3 is 0 Å². The van der Waals surface area contributed by atoms with Gasteiger partial charge in [0.25, 0.3) is 5.09 Å². The van der Waals surface area contributed by atoms with Crippen LogP contribution >= 0.6 is 0 Å². The number of nitrogens with zero attached hydrogens (tertiary/aromatic N) is 4. The SMILES string of the molecule is O=[N+]([O-])O.[Sm].c1cncc(-c2cccnc2-c2cccnc2)c1. The Bertz CT molecular complexity index is 679. The fraction of sp³-hybridized carbons (Fsp3) is 0. The molecule has 0 saturated heterocycles. The number of hydrogen-bond donors (Lipinski definition) is 1. The molecule has 0 aliphatic heterocycles. The van der Waals surface area contributed by atoms with E-state index in [4.69, 9.17) is 15.3 Å². The predicted molar refractivity (Wildman–Crippen MR) is 79.5 cm³/mol. The molecular weight excluding hydrogens is 435 g/mol. The van der Waals surface area contributed by atoms with Gasteiger partial charge in [-0.15, -0.1) is 10.1 Å².